The predicted octanol–water partition coefficient (Wildman–Crippen LogP) is 5.80. The number of para-hydroxylation sites is 1. The monoisotopic (exact) mass is 293 g/mol. The van der Waals surface area contributed by atoms with Crippen molar-refractivity contribution in [2.45, 2.75) is 51.4 Å². The van der Waals surface area contributed by atoms with Gasteiger partial charge in [0.1, 0.15) is 0 Å². The first-order valence-corrected chi connectivity index (χ1v) is 8.25. The number of anilines is 2. The van der Waals surface area contributed by atoms with Crippen LogP contribution in [0.2, 0.25) is 0 Å². The highest BCUT2D eigenvalue weighted by Crippen LogP contribution is 2.47. The van der Waals surface area contributed by atoms with Crippen LogP contribution in [0.25, 0.3) is 0 Å². The minimum atomic E-state index is 0.262. The van der Waals surface area contributed by atoms with Gasteiger partial charge in [0.2, 0.25) is 0 Å². The summed E-state index contributed by atoms with van der Waals surface area (Å²) in [6, 6.07) is 17.6. The van der Waals surface area contributed by atoms with Crippen LogP contribution < -0.4 is 4.90 Å². The molecule has 0 saturated heterocycles. The van der Waals surface area contributed by atoms with Crippen LogP contribution >= 0.6 is 0 Å². The summed E-state index contributed by atoms with van der Waals surface area (Å²) < 4.78 is 0. The highest BCUT2D eigenvalue weighted by atomic mass is 15.1. The van der Waals surface area contributed by atoms with Gasteiger partial charge in [0.05, 0.1) is 0 Å². The van der Waals surface area contributed by atoms with Crippen molar-refractivity contribution < 1.29 is 0 Å². The Labute approximate surface area is 135 Å². The zero-order valence-electron chi connectivity index (χ0n) is 14.5. The van der Waals surface area contributed by atoms with Crippen LogP contribution in [0.4, 0.5) is 11.4 Å². The van der Waals surface area contributed by atoms with E-state index in [1.165, 1.54) is 35.3 Å². The van der Waals surface area contributed by atoms with Crippen LogP contribution in [0, 0.1) is 0 Å². The van der Waals surface area contributed by atoms with Crippen molar-refractivity contribution in [3.63, 3.8) is 0 Å². The van der Waals surface area contributed by atoms with Crippen LogP contribution in [0.15, 0.2) is 48.5 Å². The van der Waals surface area contributed by atoms with Crippen molar-refractivity contribution in [1.29, 1.82) is 0 Å². The van der Waals surface area contributed by atoms with Gasteiger partial charge in [-0.1, -0.05) is 52.0 Å². The number of fused-ring (bicyclic) bond motifs is 1. The van der Waals surface area contributed by atoms with E-state index in [1.54, 1.807) is 0 Å². The fourth-order valence-electron chi connectivity index (χ4n) is 3.59. The molecule has 2 aromatic rings. The molecule has 0 radical (unpaired) electrons. The third kappa shape index (κ3) is 2.54. The molecule has 116 valence electrons. The molecule has 1 nitrogen and oxygen atoms in total. The molecule has 0 heterocycles. The van der Waals surface area contributed by atoms with Crippen molar-refractivity contribution >= 4 is 11.4 Å². The fraction of sp³-hybridized carbons (Fsp3) is 0.429. The molecule has 0 atom stereocenters. The largest absolute Gasteiger partial charge is 0.345 e. The number of benzene rings is 2. The quantitative estimate of drug-likeness (QED) is 0.676. The van der Waals surface area contributed by atoms with E-state index in [0.29, 0.717) is 0 Å². The zero-order valence-corrected chi connectivity index (χ0v) is 14.5. The average molecular weight is 293 g/mol. The molecule has 0 aromatic heterocycles. The number of nitrogens with zero attached hydrogens (tertiary/aromatic N) is 1. The van der Waals surface area contributed by atoms with Crippen molar-refractivity contribution in [3.05, 3.63) is 59.7 Å². The third-order valence-electron chi connectivity index (χ3n) is 5.37. The Morgan fingerprint density at radius 3 is 1.95 bits per heavy atom. The highest BCUT2D eigenvalue weighted by Gasteiger charge is 2.37. The van der Waals surface area contributed by atoms with E-state index in [1.807, 2.05) is 0 Å². The number of hydrogen-bond donors (Lipinski definition) is 0. The van der Waals surface area contributed by atoms with Gasteiger partial charge < -0.3 is 4.90 Å². The standard InChI is InChI=1S/C21H27N/c1-20(2)13-14-21(3,4)19-15-17(11-12-18(19)20)22(5)16-9-7-6-8-10-16/h6-12,15H,13-14H2,1-5H3. The average Bonchev–Trinajstić information content (AvgIpc) is 2.52. The van der Waals surface area contributed by atoms with Crippen molar-refractivity contribution in [1.82, 2.24) is 0 Å². The maximum absolute atomic E-state index is 2.41. The number of hydrogen-bond acceptors (Lipinski definition) is 1. The second-order valence-corrected chi connectivity index (χ2v) is 7.89. The van der Waals surface area contributed by atoms with Gasteiger partial charge in [0.25, 0.3) is 0 Å². The molecule has 0 amide bonds. The molecular weight excluding hydrogens is 266 g/mol. The van der Waals surface area contributed by atoms with E-state index in [2.05, 4.69) is 88.2 Å². The summed E-state index contributed by atoms with van der Waals surface area (Å²) in [7, 11) is 2.15. The van der Waals surface area contributed by atoms with Crippen LogP contribution in [0.3, 0.4) is 0 Å². The molecule has 0 aliphatic heterocycles. The Balaban J connectivity index is 2.07. The number of rotatable bonds is 2. The van der Waals surface area contributed by atoms with Gasteiger partial charge in [-0.05, 0) is 59.1 Å². The highest BCUT2D eigenvalue weighted by molar-refractivity contribution is 5.65. The molecule has 22 heavy (non-hydrogen) atoms. The first-order valence-electron chi connectivity index (χ1n) is 8.25. The Kier molecular flexibility index (Phi) is 3.55. The van der Waals surface area contributed by atoms with E-state index >= 15 is 0 Å². The van der Waals surface area contributed by atoms with Gasteiger partial charge in [-0.3, -0.25) is 0 Å². The van der Waals surface area contributed by atoms with Gasteiger partial charge in [0.15, 0.2) is 0 Å². The summed E-state index contributed by atoms with van der Waals surface area (Å²) in [6.45, 7) is 9.52. The lowest BCUT2D eigenvalue weighted by atomic mass is 9.63. The lowest BCUT2D eigenvalue weighted by Gasteiger charge is -2.42. The SMILES string of the molecule is CN(c1ccccc1)c1ccc2c(c1)C(C)(C)CCC2(C)C. The van der Waals surface area contributed by atoms with Crippen molar-refractivity contribution in [3.8, 4) is 0 Å². The Morgan fingerprint density at radius 2 is 1.32 bits per heavy atom. The zero-order chi connectivity index (χ0) is 16.0. The Bertz CT molecular complexity index is 668. The van der Waals surface area contributed by atoms with Gasteiger partial charge in [-0.2, -0.15) is 0 Å². The molecule has 2 aromatic carbocycles. The predicted molar refractivity (Wildman–Crippen MR) is 96.2 cm³/mol. The first kappa shape index (κ1) is 15.1. The van der Waals surface area contributed by atoms with Gasteiger partial charge in [-0.25, -0.2) is 0 Å². The Morgan fingerprint density at radius 1 is 0.727 bits per heavy atom. The van der Waals surface area contributed by atoms with E-state index in [9.17, 15) is 0 Å². The van der Waals surface area contributed by atoms with Gasteiger partial charge >= 0.3 is 0 Å². The molecular formula is C21H27N. The molecule has 0 N–H and O–H groups in total. The first-order chi connectivity index (χ1) is 10.3. The smallest absolute Gasteiger partial charge is 0.0411 e. The summed E-state index contributed by atoms with van der Waals surface area (Å²) in [6.07, 6.45) is 2.52. The van der Waals surface area contributed by atoms with Crippen LogP contribution in [-0.4, -0.2) is 7.05 Å². The summed E-state index contributed by atoms with van der Waals surface area (Å²) >= 11 is 0. The lowest BCUT2D eigenvalue weighted by Crippen LogP contribution is -2.34. The van der Waals surface area contributed by atoms with E-state index in [0.717, 1.165) is 0 Å². The normalized spacial score (nSPS) is 18.6. The lowest BCUT2D eigenvalue weighted by molar-refractivity contribution is 0.332. The maximum atomic E-state index is 2.41. The third-order valence-corrected chi connectivity index (χ3v) is 5.37. The minimum absolute atomic E-state index is 0.262. The van der Waals surface area contributed by atoms with Crippen LogP contribution in [0.5, 0.6) is 0 Å². The molecule has 1 aliphatic rings. The summed E-state index contributed by atoms with van der Waals surface area (Å²) in [5.41, 5.74) is 6.09. The van der Waals surface area contributed by atoms with E-state index in [-0.39, 0.29) is 10.8 Å². The molecule has 0 spiro atoms. The summed E-state index contributed by atoms with van der Waals surface area (Å²) in [5, 5.41) is 0. The minimum Gasteiger partial charge on any atom is -0.345 e. The molecule has 0 bridgehead atoms. The Hall–Kier alpha value is -1.76. The summed E-state index contributed by atoms with van der Waals surface area (Å²) in [4.78, 5) is 2.28. The maximum Gasteiger partial charge on any atom is 0.0411 e. The van der Waals surface area contributed by atoms with E-state index in [4.69, 9.17) is 0 Å². The van der Waals surface area contributed by atoms with Crippen molar-refractivity contribution in [2.75, 3.05) is 11.9 Å². The second kappa shape index (κ2) is 5.15. The molecule has 0 saturated carbocycles. The summed E-state index contributed by atoms with van der Waals surface area (Å²) in [5.74, 6) is 0. The second-order valence-electron chi connectivity index (χ2n) is 7.89. The fourth-order valence-corrected chi connectivity index (χ4v) is 3.59. The van der Waals surface area contributed by atoms with Crippen LogP contribution in [-0.2, 0) is 10.8 Å². The molecule has 0 unspecified atom stereocenters. The van der Waals surface area contributed by atoms with E-state index < -0.39 is 0 Å². The molecule has 1 heteroatoms. The molecule has 1 aliphatic carbocycles. The van der Waals surface area contributed by atoms with Crippen molar-refractivity contribution in [2.24, 2.45) is 0 Å². The molecule has 3 rings (SSSR count). The topological polar surface area (TPSA) is 3.24 Å². The van der Waals surface area contributed by atoms with Gasteiger partial charge in [0, 0.05) is 18.4 Å². The van der Waals surface area contributed by atoms with Gasteiger partial charge in [-0.15, -0.1) is 0 Å². The van der Waals surface area contributed by atoms with Crippen LogP contribution in [0.1, 0.15) is 51.7 Å². The molecule has 0 fully saturated rings.